The van der Waals surface area contributed by atoms with Crippen molar-refractivity contribution in [2.75, 3.05) is 13.1 Å². The third kappa shape index (κ3) is 3.75. The number of urea groups is 1. The maximum atomic E-state index is 12.3. The average Bonchev–Trinajstić information content (AvgIpc) is 2.88. The Kier molecular flexibility index (Phi) is 5.05. The smallest absolute Gasteiger partial charge is 0.317 e. The third-order valence-corrected chi connectivity index (χ3v) is 3.97. The predicted molar refractivity (Wildman–Crippen MR) is 82.7 cm³/mol. The quantitative estimate of drug-likeness (QED) is 0.887. The lowest BCUT2D eigenvalue weighted by Crippen LogP contribution is -2.40. The lowest BCUT2D eigenvalue weighted by Gasteiger charge is -2.25. The second kappa shape index (κ2) is 6.78. The van der Waals surface area contributed by atoms with Crippen LogP contribution in [-0.2, 0) is 0 Å². The molecule has 0 radical (unpaired) electrons. The molecule has 0 spiro atoms. The van der Waals surface area contributed by atoms with Gasteiger partial charge in [-0.15, -0.1) is 0 Å². The highest BCUT2D eigenvalue weighted by molar-refractivity contribution is 5.75. The molecular weight excluding hydrogens is 248 g/mol. The second-order valence-electron chi connectivity index (χ2n) is 6.18. The molecule has 0 aromatic heterocycles. The molecule has 0 saturated carbocycles. The summed E-state index contributed by atoms with van der Waals surface area (Å²) < 4.78 is 0. The molecule has 1 aromatic carbocycles. The standard InChI is InChI=1S/C17H26N2O/c1-13(2)10-11-18-17(20)19-12-4-5-16(19)15-8-6-14(3)7-9-15/h6-9,13,16H,4-5,10-12H2,1-3H3,(H,18,20)/t16-/m0/s1. The van der Waals surface area contributed by atoms with Crippen molar-refractivity contribution in [2.45, 2.75) is 46.1 Å². The van der Waals surface area contributed by atoms with Crippen molar-refractivity contribution in [1.82, 2.24) is 10.2 Å². The summed E-state index contributed by atoms with van der Waals surface area (Å²) in [6.07, 6.45) is 3.20. The van der Waals surface area contributed by atoms with Gasteiger partial charge in [-0.3, -0.25) is 0 Å². The van der Waals surface area contributed by atoms with E-state index < -0.39 is 0 Å². The third-order valence-electron chi connectivity index (χ3n) is 3.97. The molecule has 0 unspecified atom stereocenters. The number of nitrogens with one attached hydrogen (secondary N) is 1. The number of rotatable bonds is 4. The van der Waals surface area contributed by atoms with E-state index in [2.05, 4.69) is 50.4 Å². The first-order valence-corrected chi connectivity index (χ1v) is 7.69. The van der Waals surface area contributed by atoms with Crippen molar-refractivity contribution in [1.29, 1.82) is 0 Å². The van der Waals surface area contributed by atoms with E-state index in [1.54, 1.807) is 0 Å². The molecule has 3 nitrogen and oxygen atoms in total. The summed E-state index contributed by atoms with van der Waals surface area (Å²) in [7, 11) is 0. The Morgan fingerprint density at radius 3 is 2.70 bits per heavy atom. The van der Waals surface area contributed by atoms with Crippen molar-refractivity contribution in [2.24, 2.45) is 5.92 Å². The maximum Gasteiger partial charge on any atom is 0.317 e. The SMILES string of the molecule is Cc1ccc([C@@H]2CCCN2C(=O)NCCC(C)C)cc1. The molecule has 3 heteroatoms. The Morgan fingerprint density at radius 2 is 2.05 bits per heavy atom. The molecule has 20 heavy (non-hydrogen) atoms. The van der Waals surface area contributed by atoms with Gasteiger partial charge in [0.15, 0.2) is 0 Å². The molecule has 1 N–H and O–H groups in total. The van der Waals surface area contributed by atoms with Crippen LogP contribution in [0.1, 0.15) is 50.3 Å². The molecule has 1 aliphatic rings. The molecule has 2 rings (SSSR count). The fourth-order valence-electron chi connectivity index (χ4n) is 2.71. The molecule has 0 aliphatic carbocycles. The summed E-state index contributed by atoms with van der Waals surface area (Å²) in [6, 6.07) is 8.90. The van der Waals surface area contributed by atoms with Gasteiger partial charge in [-0.2, -0.15) is 0 Å². The van der Waals surface area contributed by atoms with Crippen molar-refractivity contribution in [3.05, 3.63) is 35.4 Å². The van der Waals surface area contributed by atoms with Gasteiger partial charge >= 0.3 is 6.03 Å². The number of aryl methyl sites for hydroxylation is 1. The van der Waals surface area contributed by atoms with Gasteiger partial charge in [0, 0.05) is 13.1 Å². The number of hydrogen-bond donors (Lipinski definition) is 1. The summed E-state index contributed by atoms with van der Waals surface area (Å²) in [5, 5.41) is 3.05. The van der Waals surface area contributed by atoms with Gasteiger partial charge in [-0.1, -0.05) is 43.7 Å². The van der Waals surface area contributed by atoms with Crippen LogP contribution in [0.5, 0.6) is 0 Å². The van der Waals surface area contributed by atoms with E-state index in [0.29, 0.717) is 5.92 Å². The molecule has 2 amide bonds. The molecule has 0 bridgehead atoms. The highest BCUT2D eigenvalue weighted by atomic mass is 16.2. The zero-order chi connectivity index (χ0) is 14.5. The first-order chi connectivity index (χ1) is 9.58. The summed E-state index contributed by atoms with van der Waals surface area (Å²) in [4.78, 5) is 14.3. The number of likely N-dealkylation sites (tertiary alicyclic amines) is 1. The van der Waals surface area contributed by atoms with Crippen molar-refractivity contribution in [3.8, 4) is 0 Å². The predicted octanol–water partition coefficient (Wildman–Crippen LogP) is 3.89. The normalized spacial score (nSPS) is 18.6. The van der Waals surface area contributed by atoms with Crippen molar-refractivity contribution >= 4 is 6.03 Å². The van der Waals surface area contributed by atoms with Crippen LogP contribution < -0.4 is 5.32 Å². The largest absolute Gasteiger partial charge is 0.338 e. The monoisotopic (exact) mass is 274 g/mol. The molecule has 1 saturated heterocycles. The van der Waals surface area contributed by atoms with E-state index in [0.717, 1.165) is 32.4 Å². The van der Waals surface area contributed by atoms with E-state index in [1.165, 1.54) is 11.1 Å². The van der Waals surface area contributed by atoms with E-state index >= 15 is 0 Å². The van der Waals surface area contributed by atoms with Crippen LogP contribution in [0.25, 0.3) is 0 Å². The Labute approximate surface area is 122 Å². The fraction of sp³-hybridized carbons (Fsp3) is 0.588. The average molecular weight is 274 g/mol. The van der Waals surface area contributed by atoms with Gasteiger partial charge in [-0.05, 0) is 37.7 Å². The Bertz CT molecular complexity index is 439. The number of hydrogen-bond acceptors (Lipinski definition) is 1. The minimum atomic E-state index is 0.0914. The van der Waals surface area contributed by atoms with Gasteiger partial charge in [0.05, 0.1) is 6.04 Å². The van der Waals surface area contributed by atoms with Gasteiger partial charge in [0.25, 0.3) is 0 Å². The summed E-state index contributed by atoms with van der Waals surface area (Å²) in [6.45, 7) is 8.09. The van der Waals surface area contributed by atoms with Gasteiger partial charge in [0.1, 0.15) is 0 Å². The number of benzene rings is 1. The van der Waals surface area contributed by atoms with Crippen LogP contribution in [0.3, 0.4) is 0 Å². The molecule has 1 atom stereocenters. The van der Waals surface area contributed by atoms with E-state index in [-0.39, 0.29) is 12.1 Å². The molecule has 110 valence electrons. The van der Waals surface area contributed by atoms with Gasteiger partial charge in [-0.25, -0.2) is 4.79 Å². The number of carbonyl (C=O) groups excluding carboxylic acids is 1. The molecular formula is C17H26N2O. The van der Waals surface area contributed by atoms with Gasteiger partial charge < -0.3 is 10.2 Å². The van der Waals surface area contributed by atoms with Crippen LogP contribution in [0.4, 0.5) is 4.79 Å². The topological polar surface area (TPSA) is 32.3 Å². The summed E-state index contributed by atoms with van der Waals surface area (Å²) in [5.74, 6) is 0.627. The summed E-state index contributed by atoms with van der Waals surface area (Å²) in [5.41, 5.74) is 2.52. The minimum absolute atomic E-state index is 0.0914. The highest BCUT2D eigenvalue weighted by Gasteiger charge is 2.29. The molecule has 1 heterocycles. The fourth-order valence-corrected chi connectivity index (χ4v) is 2.71. The van der Waals surface area contributed by atoms with E-state index in [1.807, 2.05) is 4.90 Å². The number of amides is 2. The molecule has 1 aliphatic heterocycles. The second-order valence-corrected chi connectivity index (χ2v) is 6.18. The first kappa shape index (κ1) is 14.9. The molecule has 1 fully saturated rings. The summed E-state index contributed by atoms with van der Waals surface area (Å²) >= 11 is 0. The van der Waals surface area contributed by atoms with Crippen LogP contribution in [-0.4, -0.2) is 24.0 Å². The van der Waals surface area contributed by atoms with Crippen molar-refractivity contribution < 1.29 is 4.79 Å². The Balaban J connectivity index is 1.96. The van der Waals surface area contributed by atoms with Gasteiger partial charge in [0.2, 0.25) is 0 Å². The van der Waals surface area contributed by atoms with Crippen LogP contribution in [0.2, 0.25) is 0 Å². The highest BCUT2D eigenvalue weighted by Crippen LogP contribution is 2.31. The Hall–Kier alpha value is -1.51. The lowest BCUT2D eigenvalue weighted by molar-refractivity contribution is 0.192. The zero-order valence-corrected chi connectivity index (χ0v) is 12.9. The lowest BCUT2D eigenvalue weighted by atomic mass is 10.0. The van der Waals surface area contributed by atoms with Crippen LogP contribution in [0.15, 0.2) is 24.3 Å². The van der Waals surface area contributed by atoms with E-state index in [9.17, 15) is 4.79 Å². The maximum absolute atomic E-state index is 12.3. The van der Waals surface area contributed by atoms with Crippen LogP contribution in [0, 0.1) is 12.8 Å². The first-order valence-electron chi connectivity index (χ1n) is 7.69. The van der Waals surface area contributed by atoms with Crippen LogP contribution >= 0.6 is 0 Å². The number of nitrogens with zero attached hydrogens (tertiary/aromatic N) is 1. The van der Waals surface area contributed by atoms with Crippen molar-refractivity contribution in [3.63, 3.8) is 0 Å². The minimum Gasteiger partial charge on any atom is -0.338 e. The Morgan fingerprint density at radius 1 is 1.35 bits per heavy atom. The number of carbonyl (C=O) groups is 1. The molecule has 1 aromatic rings. The zero-order valence-electron chi connectivity index (χ0n) is 12.9. The van der Waals surface area contributed by atoms with E-state index in [4.69, 9.17) is 0 Å².